The van der Waals surface area contributed by atoms with Gasteiger partial charge in [0.1, 0.15) is 0 Å². The maximum atomic E-state index is 2.35. The van der Waals surface area contributed by atoms with E-state index in [-0.39, 0.29) is 0 Å². The smallest absolute Gasteiger partial charge is 0.0123 e. The van der Waals surface area contributed by atoms with E-state index in [0.717, 1.165) is 0 Å². The summed E-state index contributed by atoms with van der Waals surface area (Å²) >= 11 is 0. The zero-order valence-electron chi connectivity index (χ0n) is 10.5. The van der Waals surface area contributed by atoms with Crippen molar-refractivity contribution >= 4 is 0 Å². The van der Waals surface area contributed by atoms with E-state index in [1.54, 1.807) is 0 Å². The van der Waals surface area contributed by atoms with Crippen molar-refractivity contribution < 1.29 is 0 Å². The van der Waals surface area contributed by atoms with Gasteiger partial charge in [-0.05, 0) is 24.2 Å². The van der Waals surface area contributed by atoms with E-state index in [9.17, 15) is 0 Å². The summed E-state index contributed by atoms with van der Waals surface area (Å²) in [4.78, 5) is 0. The minimum atomic E-state index is 0.358. The first-order valence-corrected chi connectivity index (χ1v) is 5.91. The molecule has 0 aliphatic carbocycles. The van der Waals surface area contributed by atoms with Crippen LogP contribution in [0.25, 0.3) is 0 Å². The van der Waals surface area contributed by atoms with Crippen molar-refractivity contribution in [3.63, 3.8) is 0 Å². The lowest BCUT2D eigenvalue weighted by atomic mass is 9.77. The first-order chi connectivity index (χ1) is 6.56. The van der Waals surface area contributed by atoms with Gasteiger partial charge in [0.05, 0.1) is 0 Å². The van der Waals surface area contributed by atoms with E-state index in [1.807, 2.05) is 0 Å². The second-order valence-corrected chi connectivity index (χ2v) is 4.59. The predicted octanol–water partition coefficient (Wildman–Crippen LogP) is 4.97. The molecule has 0 aromatic rings. The zero-order chi connectivity index (χ0) is 11.0. The molecular weight excluding hydrogens is 168 g/mol. The summed E-state index contributed by atoms with van der Waals surface area (Å²) in [6, 6.07) is 0. The molecule has 0 saturated carbocycles. The summed E-state index contributed by atoms with van der Waals surface area (Å²) in [6.45, 7) is 11.4. The summed E-state index contributed by atoms with van der Waals surface area (Å²) in [5.41, 5.74) is 0.358. The molecule has 0 aromatic carbocycles. The molecule has 14 heavy (non-hydrogen) atoms. The first kappa shape index (κ1) is 13.5. The van der Waals surface area contributed by atoms with Crippen molar-refractivity contribution in [2.75, 3.05) is 0 Å². The van der Waals surface area contributed by atoms with Crippen LogP contribution in [-0.4, -0.2) is 0 Å². The van der Waals surface area contributed by atoms with Crippen LogP contribution in [0.15, 0.2) is 24.3 Å². The highest BCUT2D eigenvalue weighted by Crippen LogP contribution is 2.32. The summed E-state index contributed by atoms with van der Waals surface area (Å²) in [6.07, 6.45) is 12.6. The van der Waals surface area contributed by atoms with Crippen LogP contribution >= 0.6 is 0 Å². The molecule has 0 heteroatoms. The van der Waals surface area contributed by atoms with Gasteiger partial charge in [-0.15, -0.1) is 0 Å². The van der Waals surface area contributed by atoms with E-state index in [0.29, 0.717) is 11.3 Å². The SMILES string of the molecule is CCCC=CC=CC(C)(CC)C(C)C. The predicted molar refractivity (Wildman–Crippen MR) is 66.4 cm³/mol. The van der Waals surface area contributed by atoms with Crippen molar-refractivity contribution in [2.24, 2.45) is 11.3 Å². The average Bonchev–Trinajstić information content (AvgIpc) is 2.17. The van der Waals surface area contributed by atoms with Crippen LogP contribution in [0.1, 0.15) is 53.9 Å². The molecule has 1 atom stereocenters. The van der Waals surface area contributed by atoms with Gasteiger partial charge in [0.2, 0.25) is 0 Å². The fourth-order valence-electron chi connectivity index (χ4n) is 1.34. The maximum Gasteiger partial charge on any atom is -0.0123 e. The van der Waals surface area contributed by atoms with Crippen molar-refractivity contribution in [1.82, 2.24) is 0 Å². The van der Waals surface area contributed by atoms with Gasteiger partial charge in [-0.25, -0.2) is 0 Å². The van der Waals surface area contributed by atoms with E-state index >= 15 is 0 Å². The molecule has 0 aliphatic heterocycles. The van der Waals surface area contributed by atoms with E-state index < -0.39 is 0 Å². The van der Waals surface area contributed by atoms with Gasteiger partial charge in [0, 0.05) is 0 Å². The Labute approximate surface area is 90.1 Å². The molecule has 0 aromatic heterocycles. The van der Waals surface area contributed by atoms with Crippen LogP contribution in [0, 0.1) is 11.3 Å². The number of unbranched alkanes of at least 4 members (excludes halogenated alkanes) is 1. The van der Waals surface area contributed by atoms with Gasteiger partial charge in [-0.1, -0.05) is 65.3 Å². The van der Waals surface area contributed by atoms with Crippen molar-refractivity contribution in [2.45, 2.75) is 53.9 Å². The third-order valence-corrected chi connectivity index (χ3v) is 3.26. The Morgan fingerprint density at radius 1 is 1.14 bits per heavy atom. The number of allylic oxidation sites excluding steroid dienone is 4. The number of hydrogen-bond acceptors (Lipinski definition) is 0. The third kappa shape index (κ3) is 4.64. The largest absolute Gasteiger partial charge is 0.0846 e. The Morgan fingerprint density at radius 2 is 1.79 bits per heavy atom. The Bertz CT molecular complexity index is 186. The summed E-state index contributed by atoms with van der Waals surface area (Å²) in [5, 5.41) is 0. The van der Waals surface area contributed by atoms with Gasteiger partial charge in [-0.3, -0.25) is 0 Å². The van der Waals surface area contributed by atoms with Gasteiger partial charge in [0.15, 0.2) is 0 Å². The standard InChI is InChI=1S/C14H26/c1-6-8-9-10-11-12-14(5,7-2)13(3)4/h9-13H,6-8H2,1-5H3. The van der Waals surface area contributed by atoms with E-state index in [1.165, 1.54) is 19.3 Å². The molecule has 0 aliphatic rings. The summed E-state index contributed by atoms with van der Waals surface area (Å²) < 4.78 is 0. The molecule has 0 amide bonds. The molecule has 0 rings (SSSR count). The molecule has 0 bridgehead atoms. The fourth-order valence-corrected chi connectivity index (χ4v) is 1.34. The van der Waals surface area contributed by atoms with Gasteiger partial charge >= 0.3 is 0 Å². The van der Waals surface area contributed by atoms with Crippen LogP contribution in [0.5, 0.6) is 0 Å². The number of hydrogen-bond donors (Lipinski definition) is 0. The second kappa shape index (κ2) is 6.86. The molecular formula is C14H26. The van der Waals surface area contributed by atoms with Crippen molar-refractivity contribution in [3.05, 3.63) is 24.3 Å². The fraction of sp³-hybridized carbons (Fsp3) is 0.714. The minimum absolute atomic E-state index is 0.358. The lowest BCUT2D eigenvalue weighted by Gasteiger charge is -2.28. The van der Waals surface area contributed by atoms with Gasteiger partial charge in [0.25, 0.3) is 0 Å². The molecule has 0 saturated heterocycles. The molecule has 1 unspecified atom stereocenters. The normalized spacial score (nSPS) is 17.0. The van der Waals surface area contributed by atoms with Gasteiger partial charge < -0.3 is 0 Å². The average molecular weight is 194 g/mol. The Kier molecular flexibility index (Phi) is 6.61. The van der Waals surface area contributed by atoms with Crippen LogP contribution in [0.2, 0.25) is 0 Å². The lowest BCUT2D eigenvalue weighted by molar-refractivity contribution is 0.287. The van der Waals surface area contributed by atoms with Crippen LogP contribution in [-0.2, 0) is 0 Å². The molecule has 0 heterocycles. The third-order valence-electron chi connectivity index (χ3n) is 3.26. The van der Waals surface area contributed by atoms with Crippen LogP contribution in [0.4, 0.5) is 0 Å². The maximum absolute atomic E-state index is 2.35. The molecule has 0 nitrogen and oxygen atoms in total. The second-order valence-electron chi connectivity index (χ2n) is 4.59. The minimum Gasteiger partial charge on any atom is -0.0846 e. The Morgan fingerprint density at radius 3 is 2.21 bits per heavy atom. The number of rotatable bonds is 6. The quantitative estimate of drug-likeness (QED) is 0.524. The topological polar surface area (TPSA) is 0 Å². The van der Waals surface area contributed by atoms with Gasteiger partial charge in [-0.2, -0.15) is 0 Å². The van der Waals surface area contributed by atoms with E-state index in [2.05, 4.69) is 58.9 Å². The highest BCUT2D eigenvalue weighted by molar-refractivity contribution is 5.08. The Hall–Kier alpha value is -0.520. The van der Waals surface area contributed by atoms with Crippen molar-refractivity contribution in [3.8, 4) is 0 Å². The zero-order valence-corrected chi connectivity index (χ0v) is 10.5. The molecule has 0 fully saturated rings. The first-order valence-electron chi connectivity index (χ1n) is 5.91. The molecule has 82 valence electrons. The molecule has 0 N–H and O–H groups in total. The van der Waals surface area contributed by atoms with Crippen LogP contribution < -0.4 is 0 Å². The summed E-state index contributed by atoms with van der Waals surface area (Å²) in [7, 11) is 0. The Balaban J connectivity index is 4.17. The molecule has 0 spiro atoms. The highest BCUT2D eigenvalue weighted by Gasteiger charge is 2.21. The lowest BCUT2D eigenvalue weighted by Crippen LogP contribution is -2.19. The van der Waals surface area contributed by atoms with Crippen LogP contribution in [0.3, 0.4) is 0 Å². The summed E-state index contributed by atoms with van der Waals surface area (Å²) in [5.74, 6) is 0.711. The monoisotopic (exact) mass is 194 g/mol. The molecule has 0 radical (unpaired) electrons. The van der Waals surface area contributed by atoms with Crippen molar-refractivity contribution in [1.29, 1.82) is 0 Å². The highest BCUT2D eigenvalue weighted by atomic mass is 14.3. The van der Waals surface area contributed by atoms with E-state index in [4.69, 9.17) is 0 Å².